The molecule has 3 aromatic rings. The van der Waals surface area contributed by atoms with E-state index in [1.165, 1.54) is 30.3 Å². The highest BCUT2D eigenvalue weighted by molar-refractivity contribution is 9.10. The van der Waals surface area contributed by atoms with Crippen LogP contribution in [-0.2, 0) is 16.2 Å². The van der Waals surface area contributed by atoms with E-state index in [-0.39, 0.29) is 17.9 Å². The van der Waals surface area contributed by atoms with Gasteiger partial charge in [-0.05, 0) is 83.0 Å². The van der Waals surface area contributed by atoms with Gasteiger partial charge in [-0.2, -0.15) is 0 Å². The van der Waals surface area contributed by atoms with Gasteiger partial charge in [0.15, 0.2) is 11.5 Å². The lowest BCUT2D eigenvalue weighted by Gasteiger charge is -2.26. The van der Waals surface area contributed by atoms with Crippen LogP contribution < -0.4 is 19.7 Å². The molecule has 0 bridgehead atoms. The molecule has 1 aliphatic heterocycles. The number of imide groups is 2. The highest BCUT2D eigenvalue weighted by Gasteiger charge is 2.36. The molecule has 0 aliphatic carbocycles. The van der Waals surface area contributed by atoms with Crippen LogP contribution in [0.4, 0.5) is 10.5 Å². The van der Waals surface area contributed by atoms with E-state index < -0.39 is 17.8 Å². The Bertz CT molecular complexity index is 1410. The lowest BCUT2D eigenvalue weighted by atomic mass is 10.1. The van der Waals surface area contributed by atoms with Crippen LogP contribution in [0.5, 0.6) is 11.5 Å². The molecule has 37 heavy (non-hydrogen) atoms. The number of urea groups is 1. The van der Waals surface area contributed by atoms with Gasteiger partial charge in [-0.1, -0.05) is 40.9 Å². The predicted molar refractivity (Wildman–Crippen MR) is 147 cm³/mol. The van der Waals surface area contributed by atoms with Crippen molar-refractivity contribution in [3.8, 4) is 11.5 Å². The van der Waals surface area contributed by atoms with Gasteiger partial charge >= 0.3 is 6.03 Å². The number of halogens is 4. The molecule has 0 unspecified atom stereocenters. The van der Waals surface area contributed by atoms with Gasteiger partial charge < -0.3 is 9.47 Å². The molecule has 4 amide bonds. The van der Waals surface area contributed by atoms with Crippen LogP contribution in [0.2, 0.25) is 15.1 Å². The zero-order chi connectivity index (χ0) is 26.7. The molecule has 4 rings (SSSR count). The molecule has 0 saturated carbocycles. The number of nitrogens with zero attached hydrogens (tertiary/aromatic N) is 1. The number of hydrogen-bond acceptors (Lipinski definition) is 5. The van der Waals surface area contributed by atoms with Crippen molar-refractivity contribution in [2.24, 2.45) is 0 Å². The van der Waals surface area contributed by atoms with E-state index in [0.717, 1.165) is 4.90 Å². The predicted octanol–water partition coefficient (Wildman–Crippen LogP) is 7.05. The number of benzene rings is 3. The molecule has 1 N–H and O–H groups in total. The maximum Gasteiger partial charge on any atom is 0.335 e. The summed E-state index contributed by atoms with van der Waals surface area (Å²) < 4.78 is 12.2. The molecule has 1 aliphatic rings. The maximum absolute atomic E-state index is 13.2. The number of carbonyl (C=O) groups excluding carboxylic acids is 3. The second kappa shape index (κ2) is 11.6. The number of nitrogens with one attached hydrogen (secondary N) is 1. The van der Waals surface area contributed by atoms with Gasteiger partial charge in [0.25, 0.3) is 11.8 Å². The van der Waals surface area contributed by atoms with Gasteiger partial charge in [-0.25, -0.2) is 9.69 Å². The molecule has 0 aromatic heterocycles. The van der Waals surface area contributed by atoms with Crippen LogP contribution in [0.25, 0.3) is 6.08 Å². The summed E-state index contributed by atoms with van der Waals surface area (Å²) in [6.07, 6.45) is 1.37. The maximum atomic E-state index is 13.2. The number of anilines is 1. The number of carbonyl (C=O) groups is 3. The molecule has 0 radical (unpaired) electrons. The average molecular weight is 625 g/mol. The second-order valence-electron chi connectivity index (χ2n) is 7.69. The summed E-state index contributed by atoms with van der Waals surface area (Å²) in [4.78, 5) is 39.0. The summed E-state index contributed by atoms with van der Waals surface area (Å²) in [6, 6.07) is 13.7. The quantitative estimate of drug-likeness (QED) is 0.225. The molecule has 1 saturated heterocycles. The fourth-order valence-electron chi connectivity index (χ4n) is 3.54. The van der Waals surface area contributed by atoms with Crippen LogP contribution >= 0.6 is 50.7 Å². The van der Waals surface area contributed by atoms with E-state index in [2.05, 4.69) is 21.2 Å². The summed E-state index contributed by atoms with van der Waals surface area (Å²) in [6.45, 7) is 2.21. The Morgan fingerprint density at radius 1 is 0.973 bits per heavy atom. The lowest BCUT2D eigenvalue weighted by Crippen LogP contribution is -2.54. The molecule has 11 heteroatoms. The summed E-state index contributed by atoms with van der Waals surface area (Å²) in [7, 11) is 0. The Hall–Kier alpha value is -3.04. The van der Waals surface area contributed by atoms with Crippen LogP contribution in [0.15, 0.2) is 64.6 Å². The minimum atomic E-state index is -0.854. The first-order valence-corrected chi connectivity index (χ1v) is 12.8. The third kappa shape index (κ3) is 5.93. The standard InChI is InChI=1S/C26H18BrCl3N2O5/c1-2-36-22-12-14(11-19(27)23(22)37-13-18-20(29)4-3-5-21(18)30)10-17-24(33)31-26(35)32(25(17)34)16-8-6-15(28)7-9-16/h3-12H,2,13H2,1H3,(H,31,33,35)/b17-10+. The van der Waals surface area contributed by atoms with Gasteiger partial charge in [-0.3, -0.25) is 14.9 Å². The smallest absolute Gasteiger partial charge is 0.335 e. The highest BCUT2D eigenvalue weighted by atomic mass is 79.9. The van der Waals surface area contributed by atoms with Crippen molar-refractivity contribution < 1.29 is 23.9 Å². The first-order chi connectivity index (χ1) is 17.7. The first kappa shape index (κ1) is 27.0. The Labute approximate surface area is 236 Å². The van der Waals surface area contributed by atoms with E-state index in [0.29, 0.717) is 48.8 Å². The minimum Gasteiger partial charge on any atom is -0.490 e. The van der Waals surface area contributed by atoms with Crippen molar-refractivity contribution in [3.05, 3.63) is 90.8 Å². The van der Waals surface area contributed by atoms with Crippen molar-refractivity contribution in [2.75, 3.05) is 11.5 Å². The molecule has 190 valence electrons. The molecule has 1 heterocycles. The molecule has 7 nitrogen and oxygen atoms in total. The van der Waals surface area contributed by atoms with Crippen LogP contribution in [0, 0.1) is 0 Å². The molecular weight excluding hydrogens is 607 g/mol. The number of hydrogen-bond donors (Lipinski definition) is 1. The Morgan fingerprint density at radius 2 is 1.65 bits per heavy atom. The molecule has 1 fully saturated rings. The Kier molecular flexibility index (Phi) is 8.44. The van der Waals surface area contributed by atoms with Gasteiger partial charge in [-0.15, -0.1) is 0 Å². The molecule has 0 spiro atoms. The summed E-state index contributed by atoms with van der Waals surface area (Å²) >= 11 is 21.9. The number of rotatable bonds is 7. The summed E-state index contributed by atoms with van der Waals surface area (Å²) in [5, 5.41) is 3.55. The lowest BCUT2D eigenvalue weighted by molar-refractivity contribution is -0.122. The van der Waals surface area contributed by atoms with E-state index in [9.17, 15) is 14.4 Å². The Balaban J connectivity index is 1.67. The third-order valence-electron chi connectivity index (χ3n) is 5.25. The zero-order valence-corrected chi connectivity index (χ0v) is 23.0. The fourth-order valence-corrected chi connectivity index (χ4v) is 4.74. The van der Waals surface area contributed by atoms with Crippen molar-refractivity contribution in [3.63, 3.8) is 0 Å². The van der Waals surface area contributed by atoms with Gasteiger partial charge in [0, 0.05) is 20.6 Å². The largest absolute Gasteiger partial charge is 0.490 e. The number of ether oxygens (including phenoxy) is 2. The van der Waals surface area contributed by atoms with Crippen molar-refractivity contribution in [2.45, 2.75) is 13.5 Å². The van der Waals surface area contributed by atoms with E-state index in [4.69, 9.17) is 44.3 Å². The third-order valence-corrected chi connectivity index (χ3v) is 6.80. The van der Waals surface area contributed by atoms with Crippen LogP contribution in [0.3, 0.4) is 0 Å². The monoisotopic (exact) mass is 622 g/mol. The highest BCUT2D eigenvalue weighted by Crippen LogP contribution is 2.39. The minimum absolute atomic E-state index is 0.0800. The van der Waals surface area contributed by atoms with E-state index in [1.54, 1.807) is 30.3 Å². The van der Waals surface area contributed by atoms with Crippen molar-refractivity contribution in [1.29, 1.82) is 0 Å². The summed E-state index contributed by atoms with van der Waals surface area (Å²) in [5.74, 6) is -0.847. The van der Waals surface area contributed by atoms with E-state index in [1.807, 2.05) is 6.92 Å². The van der Waals surface area contributed by atoms with Crippen LogP contribution in [0.1, 0.15) is 18.1 Å². The topological polar surface area (TPSA) is 84.9 Å². The molecule has 3 aromatic carbocycles. The second-order valence-corrected chi connectivity index (χ2v) is 9.79. The summed E-state index contributed by atoms with van der Waals surface area (Å²) in [5.41, 5.74) is 1.11. The van der Waals surface area contributed by atoms with E-state index >= 15 is 0 Å². The van der Waals surface area contributed by atoms with Gasteiger partial charge in [0.05, 0.1) is 16.8 Å². The number of amides is 4. The number of barbiturate groups is 1. The van der Waals surface area contributed by atoms with Crippen molar-refractivity contribution >= 4 is 80.3 Å². The first-order valence-electron chi connectivity index (χ1n) is 10.9. The van der Waals surface area contributed by atoms with Crippen LogP contribution in [-0.4, -0.2) is 24.5 Å². The fraction of sp³-hybridized carbons (Fsp3) is 0.115. The SMILES string of the molecule is CCOc1cc(/C=C2\C(=O)NC(=O)N(c3ccc(Cl)cc3)C2=O)cc(Br)c1OCc1c(Cl)cccc1Cl. The Morgan fingerprint density at radius 3 is 2.30 bits per heavy atom. The van der Waals surface area contributed by atoms with Crippen molar-refractivity contribution in [1.82, 2.24) is 5.32 Å². The molecule has 0 atom stereocenters. The van der Waals surface area contributed by atoms with Gasteiger partial charge in [0.2, 0.25) is 0 Å². The normalized spacial score (nSPS) is 14.7. The average Bonchev–Trinajstić information content (AvgIpc) is 2.84. The zero-order valence-electron chi connectivity index (χ0n) is 19.2. The van der Waals surface area contributed by atoms with Gasteiger partial charge in [0.1, 0.15) is 12.2 Å². The molecular formula is C26H18BrCl3N2O5.